The van der Waals surface area contributed by atoms with E-state index in [0.717, 1.165) is 38.1 Å². The molecule has 7 heterocycles. The molecule has 2 aromatic carbocycles. The maximum Gasteiger partial charge on any atom is 0.134 e. The third-order valence-corrected chi connectivity index (χ3v) is 16.3. The maximum atomic E-state index is 16.2. The number of nitrogens with zero attached hydrogens (tertiary/aromatic N) is 2. The summed E-state index contributed by atoms with van der Waals surface area (Å²) in [6.07, 6.45) is 0. The van der Waals surface area contributed by atoms with E-state index in [0.29, 0.717) is 11.1 Å². The van der Waals surface area contributed by atoms with Crippen LogP contribution in [0.25, 0.3) is 82.7 Å². The predicted octanol–water partition coefficient (Wildman–Crippen LogP) is 14.7. The number of rotatable bonds is 5. The smallest absolute Gasteiger partial charge is 0.134 e. The van der Waals surface area contributed by atoms with E-state index < -0.39 is 0 Å². The quantitative estimate of drug-likeness (QED) is 0.175. The van der Waals surface area contributed by atoms with Crippen LogP contribution in [0.4, 0.5) is 4.39 Å². The first-order valence-corrected chi connectivity index (χ1v) is 21.0. The number of hydrogen-bond donors (Lipinski definition) is 0. The van der Waals surface area contributed by atoms with Gasteiger partial charge < -0.3 is 0 Å². The molecule has 238 valence electrons. The van der Waals surface area contributed by atoms with Gasteiger partial charge in [-0.1, -0.05) is 0 Å². The van der Waals surface area contributed by atoms with Crippen molar-refractivity contribution in [2.45, 2.75) is 41.5 Å². The van der Waals surface area contributed by atoms with Crippen LogP contribution in [0.2, 0.25) is 0 Å². The Morgan fingerprint density at radius 3 is 1.79 bits per heavy atom. The molecule has 0 aliphatic rings. The third kappa shape index (κ3) is 4.83. The predicted molar refractivity (Wildman–Crippen MR) is 215 cm³/mol. The summed E-state index contributed by atoms with van der Waals surface area (Å²) in [5.41, 5.74) is 7.81. The first-order valence-electron chi connectivity index (χ1n) is 15.4. The van der Waals surface area contributed by atoms with Crippen molar-refractivity contribution in [3.05, 3.63) is 91.1 Å². The fourth-order valence-electron chi connectivity index (χ4n) is 6.52. The van der Waals surface area contributed by atoms with E-state index in [4.69, 9.17) is 0 Å². The van der Waals surface area contributed by atoms with Gasteiger partial charge in [-0.3, -0.25) is 0 Å². The average Bonchev–Trinajstić information content (AvgIpc) is 3.88. The van der Waals surface area contributed by atoms with Gasteiger partial charge in [0, 0.05) is 85.6 Å². The largest absolute Gasteiger partial charge is 0.206 e. The molecule has 0 saturated carbocycles. The van der Waals surface area contributed by atoms with E-state index in [9.17, 15) is 0 Å². The number of hydrogen-bond acceptors (Lipinski definition) is 9. The molecule has 0 radical (unpaired) electrons. The van der Waals surface area contributed by atoms with Crippen LogP contribution in [-0.4, -0.2) is 8.75 Å². The number of aromatic nitrogens is 2. The molecule has 0 saturated heterocycles. The topological polar surface area (TPSA) is 25.8 Å². The summed E-state index contributed by atoms with van der Waals surface area (Å²) in [5, 5.41) is 2.63. The summed E-state index contributed by atoms with van der Waals surface area (Å²) in [4.78, 5) is 12.1. The molecule has 9 aromatic rings. The van der Waals surface area contributed by atoms with Gasteiger partial charge in [-0.2, -0.15) is 8.75 Å². The lowest BCUT2D eigenvalue weighted by molar-refractivity contribution is 0.633. The van der Waals surface area contributed by atoms with Crippen molar-refractivity contribution in [3.63, 3.8) is 0 Å². The van der Waals surface area contributed by atoms with Gasteiger partial charge in [-0.05, 0) is 107 Å². The van der Waals surface area contributed by atoms with E-state index in [1.807, 2.05) is 45.3 Å². The van der Waals surface area contributed by atoms with Crippen molar-refractivity contribution in [3.8, 4) is 51.5 Å². The fraction of sp³-hybridized carbons (Fsp3) is 0.158. The minimum atomic E-state index is -0.251. The fourth-order valence-corrected chi connectivity index (χ4v) is 13.8. The van der Waals surface area contributed by atoms with Crippen LogP contribution in [0.1, 0.15) is 30.6 Å². The van der Waals surface area contributed by atoms with Gasteiger partial charge in [0.15, 0.2) is 0 Å². The SMILES string of the molecule is Cc1ccc(-c2c3cc(-c4sc(-c5c(F)cc(-c6cc(C)c(C)s6)c6nsnc56)cc4C)sc3c(-c3ccc(C)s3)c3cc(C)sc23)s1. The van der Waals surface area contributed by atoms with Crippen molar-refractivity contribution < 1.29 is 4.39 Å². The van der Waals surface area contributed by atoms with E-state index in [1.54, 1.807) is 28.7 Å². The molecule has 0 atom stereocenters. The summed E-state index contributed by atoms with van der Waals surface area (Å²) in [7, 11) is 0. The molecule has 0 aliphatic heterocycles. The Hall–Kier alpha value is -3.09. The molecule has 0 unspecified atom stereocenters. The van der Waals surface area contributed by atoms with Gasteiger partial charge >= 0.3 is 0 Å². The Kier molecular flexibility index (Phi) is 7.40. The zero-order valence-electron chi connectivity index (χ0n) is 26.8. The van der Waals surface area contributed by atoms with Crippen LogP contribution in [0, 0.1) is 47.4 Å². The number of benzene rings is 2. The molecular formula is C38H27FN2S7. The Morgan fingerprint density at radius 1 is 0.500 bits per heavy atom. The summed E-state index contributed by atoms with van der Waals surface area (Å²) in [6.45, 7) is 12.9. The number of fused-ring (bicyclic) bond motifs is 3. The molecule has 0 spiro atoms. The van der Waals surface area contributed by atoms with Crippen molar-refractivity contribution in [1.82, 2.24) is 8.75 Å². The highest BCUT2D eigenvalue weighted by atomic mass is 32.1. The van der Waals surface area contributed by atoms with Crippen LogP contribution in [0.15, 0.2) is 54.6 Å². The Bertz CT molecular complexity index is 2600. The number of thiophene rings is 6. The van der Waals surface area contributed by atoms with Gasteiger partial charge in [-0.15, -0.1) is 68.0 Å². The van der Waals surface area contributed by atoms with Gasteiger partial charge in [0.05, 0.1) is 17.3 Å². The monoisotopic (exact) mass is 754 g/mol. The Balaban J connectivity index is 1.26. The van der Waals surface area contributed by atoms with Crippen LogP contribution in [-0.2, 0) is 0 Å². The van der Waals surface area contributed by atoms with Gasteiger partial charge in [0.25, 0.3) is 0 Å². The van der Waals surface area contributed by atoms with Crippen LogP contribution in [0.3, 0.4) is 0 Å². The second-order valence-electron chi connectivity index (χ2n) is 12.2. The van der Waals surface area contributed by atoms with Gasteiger partial charge in [0.2, 0.25) is 0 Å². The lowest BCUT2D eigenvalue weighted by atomic mass is 9.99. The van der Waals surface area contributed by atoms with Gasteiger partial charge in [-0.25, -0.2) is 4.39 Å². The van der Waals surface area contributed by atoms with Gasteiger partial charge in [0.1, 0.15) is 16.9 Å². The lowest BCUT2D eigenvalue weighted by Crippen LogP contribution is -1.88. The van der Waals surface area contributed by atoms with Crippen molar-refractivity contribution in [1.29, 1.82) is 0 Å². The highest BCUT2D eigenvalue weighted by molar-refractivity contribution is 7.28. The van der Waals surface area contributed by atoms with Crippen LogP contribution < -0.4 is 0 Å². The van der Waals surface area contributed by atoms with E-state index in [1.165, 1.54) is 75.9 Å². The van der Waals surface area contributed by atoms with E-state index in [-0.39, 0.29) is 5.82 Å². The second-order valence-corrected chi connectivity index (χ2v) is 20.0. The summed E-state index contributed by atoms with van der Waals surface area (Å²) < 4.78 is 28.2. The summed E-state index contributed by atoms with van der Waals surface area (Å²) in [5.74, 6) is -0.251. The molecular weight excluding hydrogens is 728 g/mol. The zero-order chi connectivity index (χ0) is 33.0. The summed E-state index contributed by atoms with van der Waals surface area (Å²) in [6, 6.07) is 19.7. The minimum absolute atomic E-state index is 0.251. The Labute approximate surface area is 305 Å². The first-order chi connectivity index (χ1) is 23.1. The normalized spacial score (nSPS) is 12.1. The van der Waals surface area contributed by atoms with Crippen molar-refractivity contribution >= 4 is 111 Å². The van der Waals surface area contributed by atoms with E-state index >= 15 is 4.39 Å². The molecule has 9 rings (SSSR count). The average molecular weight is 755 g/mol. The van der Waals surface area contributed by atoms with Crippen LogP contribution in [0.5, 0.6) is 0 Å². The third-order valence-electron chi connectivity index (χ3n) is 8.86. The molecule has 0 bridgehead atoms. The second kappa shape index (κ2) is 11.5. The Morgan fingerprint density at radius 2 is 1.15 bits per heavy atom. The molecule has 0 amide bonds. The minimum Gasteiger partial charge on any atom is -0.206 e. The first kappa shape index (κ1) is 30.9. The molecule has 48 heavy (non-hydrogen) atoms. The lowest BCUT2D eigenvalue weighted by Gasteiger charge is -2.09. The highest BCUT2D eigenvalue weighted by Crippen LogP contribution is 2.54. The molecule has 0 N–H and O–H groups in total. The molecule has 7 aromatic heterocycles. The number of aryl methyl sites for hydroxylation is 6. The highest BCUT2D eigenvalue weighted by Gasteiger charge is 2.26. The van der Waals surface area contributed by atoms with Crippen LogP contribution >= 0.6 is 79.7 Å². The van der Waals surface area contributed by atoms with E-state index in [2.05, 4.69) is 98.8 Å². The standard InChI is InChI=1S/C38H27FN2S7/c1-16-11-28(45-21(16)6)22-14-25(39)33(35-34(22)40-48-41-35)29-12-17(2)36(46-29)30-15-24-32(27-10-8-19(4)43-27)37-23(13-20(5)44-37)31(38(24)47-30)26-9-7-18(3)42-26/h7-15H,1-6H3. The summed E-state index contributed by atoms with van der Waals surface area (Å²) >= 11 is 12.0. The maximum absolute atomic E-state index is 16.2. The molecule has 10 heteroatoms. The zero-order valence-corrected chi connectivity index (χ0v) is 32.5. The van der Waals surface area contributed by atoms with Crippen molar-refractivity contribution in [2.75, 3.05) is 0 Å². The molecule has 2 nitrogen and oxygen atoms in total. The van der Waals surface area contributed by atoms with Crippen molar-refractivity contribution in [2.24, 2.45) is 0 Å². The number of halogens is 1. The molecule has 0 aliphatic carbocycles. The molecule has 0 fully saturated rings.